The summed E-state index contributed by atoms with van der Waals surface area (Å²) in [5.74, 6) is 0.877. The number of rotatable bonds is 3. The fraction of sp³-hybridized carbons (Fsp3) is 0.409. The number of hydrogen-bond donors (Lipinski definition) is 0. The number of ether oxygens (including phenoxy) is 1. The van der Waals surface area contributed by atoms with Gasteiger partial charge in [0, 0.05) is 63.5 Å². The van der Waals surface area contributed by atoms with Crippen molar-refractivity contribution in [1.82, 2.24) is 19.7 Å². The quantitative estimate of drug-likeness (QED) is 0.702. The van der Waals surface area contributed by atoms with Gasteiger partial charge in [-0.15, -0.1) is 0 Å². The van der Waals surface area contributed by atoms with E-state index in [-0.39, 0.29) is 11.8 Å². The van der Waals surface area contributed by atoms with Gasteiger partial charge in [0.2, 0.25) is 5.91 Å². The van der Waals surface area contributed by atoms with Crippen LogP contribution >= 0.6 is 11.6 Å². The van der Waals surface area contributed by atoms with Crippen molar-refractivity contribution in [1.29, 1.82) is 0 Å². The summed E-state index contributed by atoms with van der Waals surface area (Å²) in [5.41, 5.74) is 2.70. The predicted molar refractivity (Wildman–Crippen MR) is 113 cm³/mol. The number of halogens is 1. The van der Waals surface area contributed by atoms with Crippen LogP contribution in [0.5, 0.6) is 5.75 Å². The van der Waals surface area contributed by atoms with Crippen molar-refractivity contribution in [2.75, 3.05) is 39.3 Å². The summed E-state index contributed by atoms with van der Waals surface area (Å²) in [4.78, 5) is 34.4. The molecule has 0 bridgehead atoms. The van der Waals surface area contributed by atoms with Gasteiger partial charge in [-0.2, -0.15) is 0 Å². The van der Waals surface area contributed by atoms with E-state index in [1.807, 2.05) is 11.0 Å². The fourth-order valence-electron chi connectivity index (χ4n) is 3.92. The van der Waals surface area contributed by atoms with E-state index in [2.05, 4.69) is 22.0 Å². The summed E-state index contributed by atoms with van der Waals surface area (Å²) in [7, 11) is 0. The van der Waals surface area contributed by atoms with Crippen LogP contribution in [0.1, 0.15) is 28.4 Å². The first-order valence-electron chi connectivity index (χ1n) is 10.1. The molecule has 1 aromatic heterocycles. The average molecular weight is 429 g/mol. The van der Waals surface area contributed by atoms with E-state index >= 15 is 0 Å². The van der Waals surface area contributed by atoms with Crippen LogP contribution in [0, 0.1) is 0 Å². The normalized spacial score (nSPS) is 17.1. The summed E-state index contributed by atoms with van der Waals surface area (Å²) in [6.45, 7) is 7.13. The first kappa shape index (κ1) is 20.6. The minimum absolute atomic E-state index is 0.0819. The monoisotopic (exact) mass is 428 g/mol. The van der Waals surface area contributed by atoms with E-state index in [0.29, 0.717) is 30.4 Å². The molecule has 30 heavy (non-hydrogen) atoms. The summed E-state index contributed by atoms with van der Waals surface area (Å²) in [5, 5.41) is 0.305. The molecule has 2 aromatic rings. The third-order valence-electron chi connectivity index (χ3n) is 5.59. The number of hydrogen-bond acceptors (Lipinski definition) is 5. The maximum atomic E-state index is 12.9. The number of amides is 2. The molecule has 2 aliphatic rings. The Morgan fingerprint density at radius 2 is 1.87 bits per heavy atom. The second-order valence-corrected chi connectivity index (χ2v) is 8.05. The van der Waals surface area contributed by atoms with Crippen LogP contribution < -0.4 is 4.74 Å². The largest absolute Gasteiger partial charge is 0.491 e. The molecule has 0 atom stereocenters. The predicted octanol–water partition coefficient (Wildman–Crippen LogP) is 2.43. The maximum absolute atomic E-state index is 12.9. The zero-order valence-corrected chi connectivity index (χ0v) is 17.8. The van der Waals surface area contributed by atoms with E-state index in [1.165, 1.54) is 5.56 Å². The van der Waals surface area contributed by atoms with Crippen molar-refractivity contribution in [2.24, 2.45) is 0 Å². The Balaban J connectivity index is 1.45. The van der Waals surface area contributed by atoms with Gasteiger partial charge in [-0.25, -0.2) is 4.98 Å². The number of aromatic nitrogens is 1. The van der Waals surface area contributed by atoms with Crippen molar-refractivity contribution < 1.29 is 14.3 Å². The molecule has 8 heteroatoms. The molecule has 1 saturated heterocycles. The van der Waals surface area contributed by atoms with E-state index in [4.69, 9.17) is 16.3 Å². The molecular formula is C22H25ClN4O3. The molecule has 0 radical (unpaired) electrons. The minimum atomic E-state index is -0.0819. The molecule has 2 aliphatic heterocycles. The van der Waals surface area contributed by atoms with Crippen molar-refractivity contribution in [3.05, 3.63) is 58.4 Å². The van der Waals surface area contributed by atoms with Gasteiger partial charge in [-0.3, -0.25) is 14.5 Å². The number of benzene rings is 1. The van der Waals surface area contributed by atoms with E-state index < -0.39 is 0 Å². The lowest BCUT2D eigenvalue weighted by Gasteiger charge is -2.34. The third kappa shape index (κ3) is 4.74. The first-order chi connectivity index (χ1) is 14.5. The summed E-state index contributed by atoms with van der Waals surface area (Å²) >= 11 is 5.95. The Kier molecular flexibility index (Phi) is 6.20. The lowest BCUT2D eigenvalue weighted by molar-refractivity contribution is -0.130. The molecule has 0 saturated carbocycles. The van der Waals surface area contributed by atoms with E-state index in [0.717, 1.165) is 44.0 Å². The van der Waals surface area contributed by atoms with Gasteiger partial charge in [0.1, 0.15) is 17.5 Å². The summed E-state index contributed by atoms with van der Waals surface area (Å²) < 4.78 is 5.88. The zero-order valence-electron chi connectivity index (χ0n) is 17.0. The van der Waals surface area contributed by atoms with Gasteiger partial charge >= 0.3 is 0 Å². The Hall–Kier alpha value is -2.64. The summed E-state index contributed by atoms with van der Waals surface area (Å²) in [6.07, 6.45) is 1.54. The van der Waals surface area contributed by atoms with Crippen LogP contribution in [0.4, 0.5) is 0 Å². The van der Waals surface area contributed by atoms with Crippen molar-refractivity contribution in [3.63, 3.8) is 0 Å². The molecule has 4 rings (SSSR count). The molecule has 2 amide bonds. The number of carbonyl (C=O) groups is 2. The van der Waals surface area contributed by atoms with Crippen LogP contribution in [0.25, 0.3) is 0 Å². The number of nitrogens with zero attached hydrogens (tertiary/aromatic N) is 4. The number of pyridine rings is 1. The fourth-order valence-corrected chi connectivity index (χ4v) is 4.09. The van der Waals surface area contributed by atoms with Gasteiger partial charge < -0.3 is 14.5 Å². The summed E-state index contributed by atoms with van der Waals surface area (Å²) in [6, 6.07) is 9.47. The van der Waals surface area contributed by atoms with Crippen molar-refractivity contribution in [3.8, 4) is 5.75 Å². The van der Waals surface area contributed by atoms with Gasteiger partial charge in [-0.05, 0) is 29.8 Å². The van der Waals surface area contributed by atoms with Crippen LogP contribution in [0.15, 0.2) is 36.5 Å². The van der Waals surface area contributed by atoms with Crippen LogP contribution in [0.2, 0.25) is 5.15 Å². The molecule has 7 nitrogen and oxygen atoms in total. The molecule has 0 N–H and O–H groups in total. The molecule has 158 valence electrons. The van der Waals surface area contributed by atoms with Gasteiger partial charge in [0.15, 0.2) is 0 Å². The van der Waals surface area contributed by atoms with Crippen LogP contribution in [-0.4, -0.2) is 70.8 Å². The molecule has 0 unspecified atom stereocenters. The second-order valence-electron chi connectivity index (χ2n) is 7.67. The van der Waals surface area contributed by atoms with E-state index in [9.17, 15) is 9.59 Å². The van der Waals surface area contributed by atoms with Crippen molar-refractivity contribution >= 4 is 23.4 Å². The Morgan fingerprint density at radius 1 is 1.07 bits per heavy atom. The Bertz CT molecular complexity index is 944. The number of fused-ring (bicyclic) bond motifs is 1. The molecule has 3 heterocycles. The zero-order chi connectivity index (χ0) is 21.1. The Labute approximate surface area is 181 Å². The molecule has 0 aliphatic carbocycles. The topological polar surface area (TPSA) is 66.0 Å². The standard InChI is InChI=1S/C22H25ClN4O3/c1-16(28)26-8-6-25(7-9-26)14-17-2-3-20-19(12-17)15-27(10-11-30-20)22(29)18-4-5-24-21(23)13-18/h2-5,12-13H,6-11,14-15H2,1H3. The lowest BCUT2D eigenvalue weighted by Crippen LogP contribution is -2.47. The maximum Gasteiger partial charge on any atom is 0.254 e. The van der Waals surface area contributed by atoms with Gasteiger partial charge in [0.25, 0.3) is 5.91 Å². The van der Waals surface area contributed by atoms with Crippen LogP contribution in [0.3, 0.4) is 0 Å². The smallest absolute Gasteiger partial charge is 0.254 e. The molecular weight excluding hydrogens is 404 g/mol. The third-order valence-corrected chi connectivity index (χ3v) is 5.80. The highest BCUT2D eigenvalue weighted by molar-refractivity contribution is 6.29. The van der Waals surface area contributed by atoms with Gasteiger partial charge in [0.05, 0.1) is 6.54 Å². The highest BCUT2D eigenvalue weighted by Crippen LogP contribution is 2.26. The average Bonchev–Trinajstić information content (AvgIpc) is 2.95. The molecule has 1 fully saturated rings. The lowest BCUT2D eigenvalue weighted by atomic mass is 10.1. The van der Waals surface area contributed by atoms with Gasteiger partial charge in [-0.1, -0.05) is 17.7 Å². The SMILES string of the molecule is CC(=O)N1CCN(Cc2ccc3c(c2)CN(C(=O)c2ccnc(Cl)c2)CCO3)CC1. The van der Waals surface area contributed by atoms with Crippen LogP contribution in [-0.2, 0) is 17.9 Å². The molecule has 1 aromatic carbocycles. The number of carbonyl (C=O) groups excluding carboxylic acids is 2. The molecule has 0 spiro atoms. The second kappa shape index (κ2) is 9.02. The first-order valence-corrected chi connectivity index (χ1v) is 10.5. The number of piperazine rings is 1. The highest BCUT2D eigenvalue weighted by Gasteiger charge is 2.23. The Morgan fingerprint density at radius 3 is 2.60 bits per heavy atom. The van der Waals surface area contributed by atoms with E-state index in [1.54, 1.807) is 30.2 Å². The van der Waals surface area contributed by atoms with Crippen molar-refractivity contribution in [2.45, 2.75) is 20.0 Å². The minimum Gasteiger partial charge on any atom is -0.491 e. The highest BCUT2D eigenvalue weighted by atomic mass is 35.5.